The Labute approximate surface area is 284 Å². The molecule has 0 aromatic rings. The summed E-state index contributed by atoms with van der Waals surface area (Å²) in [5, 5.41) is 3.88. The van der Waals surface area contributed by atoms with Crippen LogP contribution in [0, 0.1) is 0 Å². The van der Waals surface area contributed by atoms with Crippen LogP contribution in [0.5, 0.6) is 0 Å². The first-order chi connectivity index (χ1) is 22.1. The van der Waals surface area contributed by atoms with E-state index in [1.165, 1.54) is 199 Å². The number of allylic oxidation sites excluding steroid dienone is 4. The molecule has 1 rings (SSSR count). The molecule has 0 saturated heterocycles. The molecule has 2 atom stereocenters. The van der Waals surface area contributed by atoms with Crippen molar-refractivity contribution in [3.05, 3.63) is 24.3 Å². The lowest BCUT2D eigenvalue weighted by atomic mass is 10.1. The number of hydrogen-bond donors (Lipinski definition) is 1. The zero-order valence-electron chi connectivity index (χ0n) is 31.4. The van der Waals surface area contributed by atoms with Gasteiger partial charge in [-0.2, -0.15) is 0 Å². The van der Waals surface area contributed by atoms with Gasteiger partial charge in [0.25, 0.3) is 0 Å². The van der Waals surface area contributed by atoms with Gasteiger partial charge in [0.05, 0.1) is 13.6 Å². The van der Waals surface area contributed by atoms with Gasteiger partial charge in [-0.05, 0) is 64.2 Å². The summed E-state index contributed by atoms with van der Waals surface area (Å²) in [6.45, 7) is 10.3. The van der Waals surface area contributed by atoms with Crippen LogP contribution in [0.1, 0.15) is 207 Å². The fourth-order valence-electron chi connectivity index (χ4n) is 6.84. The number of unbranched alkanes of at least 4 members (excludes halogenated alkanes) is 24. The van der Waals surface area contributed by atoms with Crippen LogP contribution < -0.4 is 5.32 Å². The lowest BCUT2D eigenvalue weighted by Crippen LogP contribution is -2.59. The monoisotopic (exact) mass is 629 g/mol. The molecule has 1 N–H and O–H groups in total. The number of amidine groups is 1. The van der Waals surface area contributed by atoms with E-state index in [4.69, 9.17) is 4.99 Å². The Morgan fingerprint density at radius 1 is 0.556 bits per heavy atom. The molecule has 0 aliphatic carbocycles. The Morgan fingerprint density at radius 3 is 1.38 bits per heavy atom. The van der Waals surface area contributed by atoms with Crippen molar-refractivity contribution in [1.82, 2.24) is 5.32 Å². The molecule has 1 aliphatic heterocycles. The van der Waals surface area contributed by atoms with Gasteiger partial charge in [0.15, 0.2) is 5.84 Å². The van der Waals surface area contributed by atoms with E-state index in [-0.39, 0.29) is 0 Å². The third-order valence-corrected chi connectivity index (χ3v) is 10.3. The quantitative estimate of drug-likeness (QED) is 0.0428. The van der Waals surface area contributed by atoms with Crippen molar-refractivity contribution in [2.75, 3.05) is 26.7 Å². The lowest BCUT2D eigenvalue weighted by molar-refractivity contribution is -0.844. The second-order valence-electron chi connectivity index (χ2n) is 14.5. The van der Waals surface area contributed by atoms with Gasteiger partial charge < -0.3 is 0 Å². The predicted molar refractivity (Wildman–Crippen MR) is 204 cm³/mol. The van der Waals surface area contributed by atoms with Crippen LogP contribution in [0.15, 0.2) is 29.3 Å². The zero-order chi connectivity index (χ0) is 32.5. The van der Waals surface area contributed by atoms with Crippen LogP contribution in [0.25, 0.3) is 0 Å². The Kier molecular flexibility index (Phi) is 29.6. The largest absolute Gasteiger partial charge is 0.268 e. The van der Waals surface area contributed by atoms with E-state index < -0.39 is 0 Å². The molecule has 3 nitrogen and oxygen atoms in total. The third-order valence-electron chi connectivity index (χ3n) is 10.3. The summed E-state index contributed by atoms with van der Waals surface area (Å²) in [5.74, 6) is 1.45. The van der Waals surface area contributed by atoms with E-state index in [1.807, 2.05) is 0 Å². The molecule has 2 unspecified atom stereocenters. The maximum absolute atomic E-state index is 4.98. The second kappa shape index (κ2) is 31.7. The van der Waals surface area contributed by atoms with Gasteiger partial charge in [-0.25, -0.2) is 4.99 Å². The molecule has 1 aliphatic rings. The van der Waals surface area contributed by atoms with Crippen LogP contribution in [-0.4, -0.2) is 43.2 Å². The van der Waals surface area contributed by atoms with Crippen LogP contribution in [0.3, 0.4) is 0 Å². The van der Waals surface area contributed by atoms with Crippen molar-refractivity contribution < 1.29 is 4.48 Å². The van der Waals surface area contributed by atoms with Crippen molar-refractivity contribution in [1.29, 1.82) is 0 Å². The van der Waals surface area contributed by atoms with Gasteiger partial charge >= 0.3 is 0 Å². The third kappa shape index (κ3) is 24.0. The molecular weight excluding hydrogens is 546 g/mol. The minimum Gasteiger partial charge on any atom is -0.268 e. The number of quaternary nitrogens is 1. The summed E-state index contributed by atoms with van der Waals surface area (Å²) in [6, 6.07) is 0. The van der Waals surface area contributed by atoms with Crippen molar-refractivity contribution >= 4 is 5.84 Å². The van der Waals surface area contributed by atoms with E-state index in [2.05, 4.69) is 57.4 Å². The topological polar surface area (TPSA) is 24.4 Å². The molecule has 264 valence electrons. The molecule has 3 heteroatoms. The Bertz CT molecular complexity index is 711. The number of aliphatic imine (C=N–C) groups is 1. The molecule has 0 radical (unpaired) electrons. The summed E-state index contributed by atoms with van der Waals surface area (Å²) in [7, 11) is 2.42. The molecule has 45 heavy (non-hydrogen) atoms. The van der Waals surface area contributed by atoms with E-state index in [0.29, 0.717) is 6.17 Å². The average Bonchev–Trinajstić information content (AvgIpc) is 3.43. The van der Waals surface area contributed by atoms with Crippen molar-refractivity contribution in [2.24, 2.45) is 4.99 Å². The summed E-state index contributed by atoms with van der Waals surface area (Å²) >= 11 is 0. The van der Waals surface area contributed by atoms with E-state index in [0.717, 1.165) is 17.6 Å². The number of likely N-dealkylation sites (N-methyl/N-ethyl adjacent to an activating group) is 1. The molecule has 0 fully saturated rings. The van der Waals surface area contributed by atoms with Gasteiger partial charge in [0, 0.05) is 19.9 Å². The summed E-state index contributed by atoms with van der Waals surface area (Å²) in [5.41, 5.74) is 0. The first-order valence-corrected chi connectivity index (χ1v) is 20.6. The van der Waals surface area contributed by atoms with E-state index in [9.17, 15) is 0 Å². The smallest absolute Gasteiger partial charge is 0.199 e. The van der Waals surface area contributed by atoms with E-state index in [1.54, 1.807) is 0 Å². The highest BCUT2D eigenvalue weighted by Crippen LogP contribution is 2.21. The zero-order valence-corrected chi connectivity index (χ0v) is 31.4. The SMILES string of the molecule is CCCCCCCCC=CCCCCCCCCNC(C)[N+]1(C)CCN=C1CCCCCCCCC=CCCCCCCCC. The fourth-order valence-corrected chi connectivity index (χ4v) is 6.84. The second-order valence-corrected chi connectivity index (χ2v) is 14.5. The molecule has 1 heterocycles. The van der Waals surface area contributed by atoms with Gasteiger partial charge in [-0.1, -0.05) is 154 Å². The molecule has 0 spiro atoms. The summed E-state index contributed by atoms with van der Waals surface area (Å²) < 4.78 is 1.03. The van der Waals surface area contributed by atoms with Gasteiger partial charge in [-0.3, -0.25) is 9.80 Å². The van der Waals surface area contributed by atoms with Gasteiger partial charge in [-0.15, -0.1) is 0 Å². The van der Waals surface area contributed by atoms with Crippen LogP contribution >= 0.6 is 0 Å². The van der Waals surface area contributed by atoms with Gasteiger partial charge in [0.1, 0.15) is 12.7 Å². The minimum atomic E-state index is 0.475. The molecule has 0 amide bonds. The number of nitrogens with zero attached hydrogens (tertiary/aromatic N) is 2. The van der Waals surface area contributed by atoms with E-state index >= 15 is 0 Å². The molecule has 0 aromatic carbocycles. The number of rotatable bonds is 34. The first kappa shape index (κ1) is 42.1. The molecular formula is C42H82N3+. The highest BCUT2D eigenvalue weighted by Gasteiger charge is 2.37. The molecule has 0 aromatic heterocycles. The summed E-state index contributed by atoms with van der Waals surface area (Å²) in [4.78, 5) is 4.98. The maximum atomic E-state index is 4.98. The highest BCUT2D eigenvalue weighted by atomic mass is 15.5. The molecule has 0 saturated carbocycles. The van der Waals surface area contributed by atoms with Crippen molar-refractivity contribution in [3.8, 4) is 0 Å². The predicted octanol–water partition coefficient (Wildman–Crippen LogP) is 13.2. The first-order valence-electron chi connectivity index (χ1n) is 20.6. The fraction of sp³-hybridized carbons (Fsp3) is 0.881. The Balaban J connectivity index is 1.96. The van der Waals surface area contributed by atoms with Crippen LogP contribution in [-0.2, 0) is 0 Å². The lowest BCUT2D eigenvalue weighted by Gasteiger charge is -2.36. The van der Waals surface area contributed by atoms with Gasteiger partial charge in [0.2, 0.25) is 0 Å². The minimum absolute atomic E-state index is 0.475. The number of hydrogen-bond acceptors (Lipinski definition) is 2. The standard InChI is InChI=1S/C42H82N3/c1-5-7-9-11-13-15-17-19-21-23-25-27-29-31-33-35-37-42-44-39-40-45(42,4)41(3)43-38-36-34-32-30-28-26-24-22-20-18-16-14-12-10-8-6-2/h19-22,41,43H,5-18,23-40H2,1-4H3/q+1. The summed E-state index contributed by atoms with van der Waals surface area (Å²) in [6.07, 6.45) is 49.9. The molecule has 0 bridgehead atoms. The maximum Gasteiger partial charge on any atom is 0.199 e. The Morgan fingerprint density at radius 2 is 0.933 bits per heavy atom. The van der Waals surface area contributed by atoms with Crippen molar-refractivity contribution in [2.45, 2.75) is 213 Å². The van der Waals surface area contributed by atoms with Crippen LogP contribution in [0.2, 0.25) is 0 Å². The number of nitrogens with one attached hydrogen (secondary N) is 1. The van der Waals surface area contributed by atoms with Crippen molar-refractivity contribution in [3.63, 3.8) is 0 Å². The van der Waals surface area contributed by atoms with Crippen LogP contribution in [0.4, 0.5) is 0 Å². The highest BCUT2D eigenvalue weighted by molar-refractivity contribution is 5.76. The normalized spacial score (nSPS) is 17.6. The average molecular weight is 629 g/mol. The Hall–Kier alpha value is -0.930.